The van der Waals surface area contributed by atoms with Crippen molar-refractivity contribution >= 4 is 6.29 Å². The molecule has 0 atom stereocenters. The average Bonchev–Trinajstić information content (AvgIpc) is 2.15. The minimum atomic E-state index is 0.456. The predicted octanol–water partition coefficient (Wildman–Crippen LogP) is 0.921. The molecule has 1 fully saturated rings. The van der Waals surface area contributed by atoms with Crippen molar-refractivity contribution in [1.82, 2.24) is 4.90 Å². The van der Waals surface area contributed by atoms with Gasteiger partial charge in [0.2, 0.25) is 0 Å². The highest BCUT2D eigenvalue weighted by molar-refractivity contribution is 5.72. The molecule has 1 saturated heterocycles. The van der Waals surface area contributed by atoms with Crippen molar-refractivity contribution in [3.8, 4) is 11.8 Å². The van der Waals surface area contributed by atoms with E-state index in [9.17, 15) is 4.79 Å². The van der Waals surface area contributed by atoms with Gasteiger partial charge in [-0.3, -0.25) is 4.79 Å². The fourth-order valence-electron chi connectivity index (χ4n) is 1.55. The van der Waals surface area contributed by atoms with Gasteiger partial charge in [0.1, 0.15) is 0 Å². The first-order valence-electron chi connectivity index (χ1n) is 4.54. The van der Waals surface area contributed by atoms with E-state index in [1.165, 1.54) is 0 Å². The van der Waals surface area contributed by atoms with Crippen LogP contribution in [0, 0.1) is 17.8 Å². The van der Waals surface area contributed by atoms with Gasteiger partial charge in [-0.25, -0.2) is 0 Å². The van der Waals surface area contributed by atoms with Crippen LogP contribution in [-0.2, 0) is 4.79 Å². The molecule has 1 aliphatic rings. The fourth-order valence-corrected chi connectivity index (χ4v) is 1.55. The summed E-state index contributed by atoms with van der Waals surface area (Å²) < 4.78 is 0. The molecule has 0 saturated carbocycles. The molecule has 0 N–H and O–H groups in total. The van der Waals surface area contributed by atoms with Crippen molar-refractivity contribution in [2.75, 3.05) is 19.6 Å². The second-order valence-corrected chi connectivity index (χ2v) is 3.12. The smallest absolute Gasteiger partial charge is 0.192 e. The average molecular weight is 165 g/mol. The normalized spacial score (nSPS) is 19.8. The molecule has 0 radical (unpaired) electrons. The van der Waals surface area contributed by atoms with Crippen molar-refractivity contribution in [1.29, 1.82) is 0 Å². The van der Waals surface area contributed by atoms with Crippen molar-refractivity contribution in [3.05, 3.63) is 0 Å². The van der Waals surface area contributed by atoms with Gasteiger partial charge < -0.3 is 4.90 Å². The zero-order chi connectivity index (χ0) is 8.81. The summed E-state index contributed by atoms with van der Waals surface area (Å²) in [5.74, 6) is 5.93. The van der Waals surface area contributed by atoms with Crippen molar-refractivity contribution in [2.45, 2.75) is 19.8 Å². The molecule has 0 aromatic carbocycles. The Bertz CT molecular complexity index is 194. The quantitative estimate of drug-likeness (QED) is 0.425. The maximum atomic E-state index is 9.98. The van der Waals surface area contributed by atoms with Gasteiger partial charge in [0, 0.05) is 5.92 Å². The second kappa shape index (κ2) is 4.95. The Hall–Kier alpha value is -0.810. The van der Waals surface area contributed by atoms with E-state index in [0.29, 0.717) is 12.2 Å². The van der Waals surface area contributed by atoms with E-state index < -0.39 is 0 Å². The van der Waals surface area contributed by atoms with Gasteiger partial charge in [0.05, 0.1) is 0 Å². The molecular formula is C10H15NO. The Kier molecular flexibility index (Phi) is 3.83. The van der Waals surface area contributed by atoms with E-state index in [-0.39, 0.29) is 0 Å². The molecule has 0 aromatic heterocycles. The summed E-state index contributed by atoms with van der Waals surface area (Å²) in [6.07, 6.45) is 2.93. The van der Waals surface area contributed by atoms with Crippen LogP contribution in [0.5, 0.6) is 0 Å². The fraction of sp³-hybridized carbons (Fsp3) is 0.700. The van der Waals surface area contributed by atoms with Gasteiger partial charge in [0.25, 0.3) is 0 Å². The van der Waals surface area contributed by atoms with Gasteiger partial charge in [0.15, 0.2) is 6.29 Å². The number of piperidine rings is 1. The summed E-state index contributed by atoms with van der Waals surface area (Å²) in [4.78, 5) is 12.4. The molecule has 0 bridgehead atoms. The molecule has 0 spiro atoms. The topological polar surface area (TPSA) is 20.3 Å². The lowest BCUT2D eigenvalue weighted by molar-refractivity contribution is -0.103. The summed E-state index contributed by atoms with van der Waals surface area (Å²) in [5, 5.41) is 0. The van der Waals surface area contributed by atoms with Gasteiger partial charge in [-0.05, 0) is 38.4 Å². The van der Waals surface area contributed by atoms with Crippen molar-refractivity contribution < 1.29 is 4.79 Å². The molecule has 0 aromatic rings. The lowest BCUT2D eigenvalue weighted by atomic mass is 9.98. The highest BCUT2D eigenvalue weighted by atomic mass is 16.1. The summed E-state index contributed by atoms with van der Waals surface area (Å²) >= 11 is 0. The van der Waals surface area contributed by atoms with Gasteiger partial charge in [-0.1, -0.05) is 12.8 Å². The first-order chi connectivity index (χ1) is 5.86. The Morgan fingerprint density at radius 1 is 1.50 bits per heavy atom. The Balaban J connectivity index is 2.30. The molecule has 2 nitrogen and oxygen atoms in total. The number of likely N-dealkylation sites (tertiary alicyclic amines) is 1. The SMILES string of the molecule is CCN1CCC(C#CC=O)CC1. The largest absolute Gasteiger partial charge is 0.304 e. The maximum absolute atomic E-state index is 9.98. The van der Waals surface area contributed by atoms with Crippen LogP contribution in [0.4, 0.5) is 0 Å². The van der Waals surface area contributed by atoms with E-state index in [2.05, 4.69) is 23.7 Å². The molecule has 1 heterocycles. The van der Waals surface area contributed by atoms with Crippen molar-refractivity contribution in [2.24, 2.45) is 5.92 Å². The van der Waals surface area contributed by atoms with Crippen LogP contribution < -0.4 is 0 Å². The molecule has 0 amide bonds. The Morgan fingerprint density at radius 3 is 2.67 bits per heavy atom. The molecule has 1 aliphatic heterocycles. The monoisotopic (exact) mass is 165 g/mol. The third-order valence-corrected chi connectivity index (χ3v) is 2.38. The third kappa shape index (κ3) is 2.67. The van der Waals surface area contributed by atoms with Gasteiger partial charge >= 0.3 is 0 Å². The Morgan fingerprint density at radius 2 is 2.17 bits per heavy atom. The maximum Gasteiger partial charge on any atom is 0.192 e. The molecule has 0 unspecified atom stereocenters. The van der Waals surface area contributed by atoms with Gasteiger partial charge in [-0.2, -0.15) is 0 Å². The molecule has 12 heavy (non-hydrogen) atoms. The Labute approximate surface area is 73.9 Å². The minimum Gasteiger partial charge on any atom is -0.304 e. The first-order valence-corrected chi connectivity index (χ1v) is 4.54. The summed E-state index contributed by atoms with van der Waals surface area (Å²) in [5.41, 5.74) is 0. The first kappa shape index (κ1) is 9.28. The summed E-state index contributed by atoms with van der Waals surface area (Å²) in [6.45, 7) is 5.58. The number of nitrogens with zero attached hydrogens (tertiary/aromatic N) is 1. The van der Waals surface area contributed by atoms with Crippen LogP contribution in [0.3, 0.4) is 0 Å². The van der Waals surface area contributed by atoms with E-state index in [4.69, 9.17) is 0 Å². The number of hydrogen-bond donors (Lipinski definition) is 0. The number of aldehydes is 1. The lowest BCUT2D eigenvalue weighted by Gasteiger charge is -2.28. The summed E-state index contributed by atoms with van der Waals surface area (Å²) in [7, 11) is 0. The predicted molar refractivity (Wildman–Crippen MR) is 48.7 cm³/mol. The highest BCUT2D eigenvalue weighted by Crippen LogP contribution is 2.15. The number of carbonyl (C=O) groups excluding carboxylic acids is 1. The van der Waals surface area contributed by atoms with Crippen LogP contribution in [-0.4, -0.2) is 30.8 Å². The van der Waals surface area contributed by atoms with Gasteiger partial charge in [-0.15, -0.1) is 0 Å². The zero-order valence-electron chi connectivity index (χ0n) is 7.55. The molecule has 0 aliphatic carbocycles. The molecular weight excluding hydrogens is 150 g/mol. The van der Waals surface area contributed by atoms with Crippen LogP contribution in [0.1, 0.15) is 19.8 Å². The molecule has 66 valence electrons. The van der Waals surface area contributed by atoms with E-state index in [1.54, 1.807) is 0 Å². The summed E-state index contributed by atoms with van der Waals surface area (Å²) in [6, 6.07) is 0. The third-order valence-electron chi connectivity index (χ3n) is 2.38. The lowest BCUT2D eigenvalue weighted by Crippen LogP contribution is -2.32. The van der Waals surface area contributed by atoms with Crippen LogP contribution >= 0.6 is 0 Å². The minimum absolute atomic E-state index is 0.456. The van der Waals surface area contributed by atoms with Crippen LogP contribution in [0.2, 0.25) is 0 Å². The number of rotatable bonds is 1. The van der Waals surface area contributed by atoms with E-state index in [0.717, 1.165) is 32.5 Å². The van der Waals surface area contributed by atoms with E-state index in [1.807, 2.05) is 0 Å². The van der Waals surface area contributed by atoms with Crippen molar-refractivity contribution in [3.63, 3.8) is 0 Å². The highest BCUT2D eigenvalue weighted by Gasteiger charge is 2.15. The van der Waals surface area contributed by atoms with Crippen LogP contribution in [0.25, 0.3) is 0 Å². The standard InChI is InChI=1S/C10H15NO/c1-2-11-7-5-10(6-8-11)4-3-9-12/h9-10H,2,5-8H2,1H3. The molecule has 2 heteroatoms. The molecule has 1 rings (SSSR count). The van der Waals surface area contributed by atoms with E-state index >= 15 is 0 Å². The zero-order valence-corrected chi connectivity index (χ0v) is 7.55. The number of carbonyl (C=O) groups is 1. The number of hydrogen-bond acceptors (Lipinski definition) is 2. The second-order valence-electron chi connectivity index (χ2n) is 3.12. The van der Waals surface area contributed by atoms with Crippen LogP contribution in [0.15, 0.2) is 0 Å².